The maximum atomic E-state index is 14.2. The Kier molecular flexibility index (Phi) is 4.95. The number of aryl methyl sites for hydroxylation is 1. The lowest BCUT2D eigenvalue weighted by atomic mass is 9.96. The minimum atomic E-state index is -0.805. The van der Waals surface area contributed by atoms with E-state index in [4.69, 9.17) is 17.4 Å². The molecule has 106 valence electrons. The minimum absolute atomic E-state index is 0.104. The highest BCUT2D eigenvalue weighted by Crippen LogP contribution is 2.32. The van der Waals surface area contributed by atoms with E-state index < -0.39 is 17.7 Å². The molecule has 0 fully saturated rings. The lowest BCUT2D eigenvalue weighted by Gasteiger charge is -2.20. The lowest BCUT2D eigenvalue weighted by molar-refractivity contribution is 0.506. The van der Waals surface area contributed by atoms with Crippen LogP contribution in [0.1, 0.15) is 22.7 Å². The van der Waals surface area contributed by atoms with Crippen LogP contribution in [0, 0.1) is 22.1 Å². The van der Waals surface area contributed by atoms with Gasteiger partial charge in [-0.05, 0) is 64.9 Å². The van der Waals surface area contributed by atoms with Gasteiger partial charge in [0, 0.05) is 14.2 Å². The molecule has 0 aromatic heterocycles. The summed E-state index contributed by atoms with van der Waals surface area (Å²) in [4.78, 5) is 0. The monoisotopic (exact) mass is 408 g/mol. The summed E-state index contributed by atoms with van der Waals surface area (Å²) in [6.07, 6.45) is 0. The summed E-state index contributed by atoms with van der Waals surface area (Å²) < 4.78 is 29.1. The van der Waals surface area contributed by atoms with Crippen LogP contribution in [0.5, 0.6) is 0 Å². The molecule has 3 N–H and O–H groups in total. The Balaban J connectivity index is 2.64. The van der Waals surface area contributed by atoms with Gasteiger partial charge in [-0.25, -0.2) is 14.2 Å². The second kappa shape index (κ2) is 6.34. The molecule has 0 bridgehead atoms. The molecule has 6 heteroatoms. The Morgan fingerprint density at radius 2 is 1.95 bits per heavy atom. The van der Waals surface area contributed by atoms with Crippen molar-refractivity contribution in [3.05, 3.63) is 67.2 Å². The Labute approximate surface area is 134 Å². The molecular weight excluding hydrogens is 397 g/mol. The van der Waals surface area contributed by atoms with E-state index in [0.717, 1.165) is 3.57 Å². The maximum absolute atomic E-state index is 14.2. The number of benzene rings is 2. The molecule has 0 amide bonds. The first-order chi connectivity index (χ1) is 9.45. The second-order valence-electron chi connectivity index (χ2n) is 4.36. The smallest absolute Gasteiger partial charge is 0.134 e. The highest BCUT2D eigenvalue weighted by Gasteiger charge is 2.24. The van der Waals surface area contributed by atoms with E-state index in [-0.39, 0.29) is 5.56 Å². The van der Waals surface area contributed by atoms with Crippen LogP contribution < -0.4 is 11.3 Å². The Morgan fingerprint density at radius 3 is 2.60 bits per heavy atom. The highest BCUT2D eigenvalue weighted by atomic mass is 127. The standard InChI is InChI=1S/C14H12ClF2IN2/c1-7-2-4-10(16)12(13(7)17)14(20-19)9-6-8(15)3-5-11(9)18/h2-6,14,20H,19H2,1H3. The van der Waals surface area contributed by atoms with Crippen LogP contribution in [-0.2, 0) is 0 Å². The third-order valence-corrected chi connectivity index (χ3v) is 4.26. The zero-order valence-electron chi connectivity index (χ0n) is 10.6. The third-order valence-electron chi connectivity index (χ3n) is 3.04. The summed E-state index contributed by atoms with van der Waals surface area (Å²) in [5.74, 6) is 4.26. The van der Waals surface area contributed by atoms with Crippen molar-refractivity contribution in [3.8, 4) is 0 Å². The van der Waals surface area contributed by atoms with Gasteiger partial charge in [0.15, 0.2) is 0 Å². The molecule has 0 saturated heterocycles. The average molecular weight is 409 g/mol. The first kappa shape index (κ1) is 15.6. The first-order valence-corrected chi connectivity index (χ1v) is 7.27. The number of nitrogens with two attached hydrogens (primary N) is 1. The van der Waals surface area contributed by atoms with Crippen LogP contribution in [0.2, 0.25) is 5.02 Å². The Bertz CT molecular complexity index is 649. The predicted molar refractivity (Wildman–Crippen MR) is 84.4 cm³/mol. The fourth-order valence-corrected chi connectivity index (χ4v) is 2.83. The van der Waals surface area contributed by atoms with E-state index in [1.54, 1.807) is 25.1 Å². The summed E-state index contributed by atoms with van der Waals surface area (Å²) in [7, 11) is 0. The summed E-state index contributed by atoms with van der Waals surface area (Å²) in [5, 5.41) is 0.481. The molecule has 2 aromatic rings. The van der Waals surface area contributed by atoms with Crippen LogP contribution >= 0.6 is 34.2 Å². The zero-order valence-corrected chi connectivity index (χ0v) is 13.5. The van der Waals surface area contributed by atoms with Gasteiger partial charge in [-0.3, -0.25) is 5.84 Å². The van der Waals surface area contributed by atoms with Crippen LogP contribution in [0.15, 0.2) is 30.3 Å². The van der Waals surface area contributed by atoms with Gasteiger partial charge in [-0.1, -0.05) is 17.7 Å². The van der Waals surface area contributed by atoms with Crippen LogP contribution in [0.3, 0.4) is 0 Å². The number of rotatable bonds is 3. The number of nitrogens with one attached hydrogen (secondary N) is 1. The van der Waals surface area contributed by atoms with Crippen molar-refractivity contribution in [3.63, 3.8) is 0 Å². The van der Waals surface area contributed by atoms with Gasteiger partial charge in [0.05, 0.1) is 6.04 Å². The van der Waals surface area contributed by atoms with Crippen molar-refractivity contribution in [1.82, 2.24) is 5.43 Å². The normalized spacial score (nSPS) is 12.5. The third kappa shape index (κ3) is 2.95. The van der Waals surface area contributed by atoms with Crippen molar-refractivity contribution < 1.29 is 8.78 Å². The average Bonchev–Trinajstić information content (AvgIpc) is 2.42. The molecule has 0 radical (unpaired) electrons. The maximum Gasteiger partial charge on any atom is 0.134 e. The Hall–Kier alpha value is -0.760. The molecular formula is C14H12ClF2IN2. The fourth-order valence-electron chi connectivity index (χ4n) is 2.01. The van der Waals surface area contributed by atoms with Gasteiger partial charge in [0.2, 0.25) is 0 Å². The number of halogens is 4. The largest absolute Gasteiger partial charge is 0.271 e. The van der Waals surface area contributed by atoms with Crippen molar-refractivity contribution in [2.75, 3.05) is 0 Å². The van der Waals surface area contributed by atoms with E-state index >= 15 is 0 Å². The highest BCUT2D eigenvalue weighted by molar-refractivity contribution is 14.1. The molecule has 2 rings (SSSR count). The predicted octanol–water partition coefficient (Wildman–Crippen LogP) is 4.08. The zero-order chi connectivity index (χ0) is 14.9. The Morgan fingerprint density at radius 1 is 1.25 bits per heavy atom. The molecule has 1 unspecified atom stereocenters. The molecule has 1 atom stereocenters. The molecule has 0 saturated carbocycles. The van der Waals surface area contributed by atoms with E-state index in [1.165, 1.54) is 12.1 Å². The second-order valence-corrected chi connectivity index (χ2v) is 5.96. The summed E-state index contributed by atoms with van der Waals surface area (Å²) >= 11 is 8.03. The SMILES string of the molecule is Cc1ccc(F)c(C(NN)c2cc(Cl)ccc2I)c1F. The molecule has 0 heterocycles. The van der Waals surface area contributed by atoms with Crippen LogP contribution in [-0.4, -0.2) is 0 Å². The minimum Gasteiger partial charge on any atom is -0.271 e. The van der Waals surface area contributed by atoms with Gasteiger partial charge in [0.1, 0.15) is 11.6 Å². The van der Waals surface area contributed by atoms with Gasteiger partial charge in [-0.15, -0.1) is 0 Å². The van der Waals surface area contributed by atoms with Gasteiger partial charge < -0.3 is 0 Å². The molecule has 0 aliphatic rings. The van der Waals surface area contributed by atoms with Crippen molar-refractivity contribution in [2.24, 2.45) is 5.84 Å². The van der Waals surface area contributed by atoms with Crippen molar-refractivity contribution in [2.45, 2.75) is 13.0 Å². The number of hydrazine groups is 1. The fraction of sp³-hybridized carbons (Fsp3) is 0.143. The summed E-state index contributed by atoms with van der Waals surface area (Å²) in [6, 6.07) is 6.95. The van der Waals surface area contributed by atoms with Gasteiger partial charge >= 0.3 is 0 Å². The van der Waals surface area contributed by atoms with Crippen molar-refractivity contribution in [1.29, 1.82) is 0 Å². The molecule has 2 aromatic carbocycles. The summed E-state index contributed by atoms with van der Waals surface area (Å²) in [5.41, 5.74) is 3.35. The molecule has 20 heavy (non-hydrogen) atoms. The molecule has 0 aliphatic carbocycles. The molecule has 0 spiro atoms. The summed E-state index contributed by atoms with van der Waals surface area (Å²) in [6.45, 7) is 1.58. The van der Waals surface area contributed by atoms with E-state index in [0.29, 0.717) is 16.1 Å². The van der Waals surface area contributed by atoms with Crippen LogP contribution in [0.25, 0.3) is 0 Å². The number of hydrogen-bond donors (Lipinski definition) is 2. The molecule has 0 aliphatic heterocycles. The van der Waals surface area contributed by atoms with Gasteiger partial charge in [0.25, 0.3) is 0 Å². The first-order valence-electron chi connectivity index (χ1n) is 5.81. The van der Waals surface area contributed by atoms with E-state index in [1.807, 2.05) is 0 Å². The van der Waals surface area contributed by atoms with E-state index in [9.17, 15) is 8.78 Å². The lowest BCUT2D eigenvalue weighted by Crippen LogP contribution is -2.31. The van der Waals surface area contributed by atoms with Crippen LogP contribution in [0.4, 0.5) is 8.78 Å². The van der Waals surface area contributed by atoms with E-state index in [2.05, 4.69) is 28.0 Å². The molecule has 2 nitrogen and oxygen atoms in total. The van der Waals surface area contributed by atoms with Crippen molar-refractivity contribution >= 4 is 34.2 Å². The topological polar surface area (TPSA) is 38.0 Å². The van der Waals surface area contributed by atoms with Gasteiger partial charge in [-0.2, -0.15) is 0 Å². The number of hydrogen-bond acceptors (Lipinski definition) is 2. The quantitative estimate of drug-likeness (QED) is 0.456.